The second kappa shape index (κ2) is 8.55. The number of nitrogens with one attached hydrogen (secondary N) is 1. The van der Waals surface area contributed by atoms with Gasteiger partial charge < -0.3 is 10.2 Å². The molecule has 1 saturated carbocycles. The van der Waals surface area contributed by atoms with E-state index in [-0.39, 0.29) is 11.8 Å². The van der Waals surface area contributed by atoms with E-state index in [0.717, 1.165) is 54.2 Å². The van der Waals surface area contributed by atoms with Crippen molar-refractivity contribution in [3.8, 4) is 0 Å². The fraction of sp³-hybridized carbons (Fsp3) is 0.550. The molecule has 7 nitrogen and oxygen atoms in total. The van der Waals surface area contributed by atoms with Gasteiger partial charge in [-0.3, -0.25) is 19.4 Å². The largest absolute Gasteiger partial charge is 0.352 e. The quantitative estimate of drug-likeness (QED) is 0.754. The number of hydrogen-bond acceptors (Lipinski definition) is 6. The van der Waals surface area contributed by atoms with Crippen LogP contribution in [0.5, 0.6) is 0 Å². The number of thiazole rings is 1. The van der Waals surface area contributed by atoms with E-state index in [1.807, 2.05) is 25.2 Å². The number of para-hydroxylation sites is 1. The smallest absolute Gasteiger partial charge is 0.236 e. The Morgan fingerprint density at radius 3 is 2.50 bits per heavy atom. The van der Waals surface area contributed by atoms with Crippen molar-refractivity contribution in [1.29, 1.82) is 0 Å². The maximum Gasteiger partial charge on any atom is 0.236 e. The van der Waals surface area contributed by atoms with E-state index in [9.17, 15) is 9.59 Å². The molecule has 1 saturated heterocycles. The number of benzene rings is 1. The molecule has 0 radical (unpaired) electrons. The topological polar surface area (TPSA) is 68.8 Å². The summed E-state index contributed by atoms with van der Waals surface area (Å²) >= 11 is 1.64. The summed E-state index contributed by atoms with van der Waals surface area (Å²) in [6, 6.07) is 8.46. The van der Waals surface area contributed by atoms with Crippen molar-refractivity contribution >= 4 is 33.4 Å². The second-order valence-corrected chi connectivity index (χ2v) is 8.83. The summed E-state index contributed by atoms with van der Waals surface area (Å²) in [6.07, 6.45) is 2.23. The van der Waals surface area contributed by atoms with E-state index in [1.165, 1.54) is 0 Å². The average Bonchev–Trinajstić information content (AvgIpc) is 3.39. The molecule has 2 heterocycles. The first-order valence-corrected chi connectivity index (χ1v) is 10.7. The van der Waals surface area contributed by atoms with Crippen LogP contribution in [0.15, 0.2) is 24.3 Å². The Hall–Kier alpha value is -2.03. The van der Waals surface area contributed by atoms with E-state index in [1.54, 1.807) is 16.2 Å². The Kier molecular flexibility index (Phi) is 5.89. The van der Waals surface area contributed by atoms with Crippen LogP contribution in [0, 0.1) is 0 Å². The number of amides is 2. The maximum atomic E-state index is 12.6. The number of rotatable bonds is 7. The van der Waals surface area contributed by atoms with Crippen LogP contribution in [0.2, 0.25) is 0 Å². The van der Waals surface area contributed by atoms with Gasteiger partial charge >= 0.3 is 0 Å². The maximum absolute atomic E-state index is 12.6. The molecule has 2 aromatic rings. The zero-order valence-corrected chi connectivity index (χ0v) is 17.1. The van der Waals surface area contributed by atoms with E-state index in [4.69, 9.17) is 0 Å². The standard InChI is InChI=1S/C20H27N5O2S/c1-23(13-19-22-16-4-2-3-5-17(16)28-19)20(27)14-25-10-8-24(9-11-25)12-18(26)21-15-6-7-15/h2-5,15H,6-14H2,1H3,(H,21,26). The van der Waals surface area contributed by atoms with Crippen molar-refractivity contribution < 1.29 is 9.59 Å². The number of carbonyl (C=O) groups is 2. The summed E-state index contributed by atoms with van der Waals surface area (Å²) < 4.78 is 1.15. The predicted octanol–water partition coefficient (Wildman–Crippen LogP) is 1.15. The number of fused-ring (bicyclic) bond motifs is 1. The van der Waals surface area contributed by atoms with Gasteiger partial charge in [-0.1, -0.05) is 12.1 Å². The van der Waals surface area contributed by atoms with Gasteiger partial charge in [-0.2, -0.15) is 0 Å². The van der Waals surface area contributed by atoms with Crippen LogP contribution in [0.25, 0.3) is 10.2 Å². The molecule has 0 unspecified atom stereocenters. The summed E-state index contributed by atoms with van der Waals surface area (Å²) in [5.74, 6) is 0.238. The molecule has 2 aliphatic rings. The first kappa shape index (κ1) is 19.3. The molecule has 0 atom stereocenters. The summed E-state index contributed by atoms with van der Waals surface area (Å²) in [6.45, 7) is 4.72. The van der Waals surface area contributed by atoms with Crippen LogP contribution in [0.4, 0.5) is 0 Å². The van der Waals surface area contributed by atoms with Crippen LogP contribution in [-0.4, -0.2) is 83.9 Å². The van der Waals surface area contributed by atoms with Crippen molar-refractivity contribution in [3.63, 3.8) is 0 Å². The van der Waals surface area contributed by atoms with E-state index >= 15 is 0 Å². The van der Waals surface area contributed by atoms with Gasteiger partial charge in [0.05, 0.1) is 29.9 Å². The molecule has 4 rings (SSSR count). The Bertz CT molecular complexity index is 809. The molecule has 8 heteroatoms. The molecule has 28 heavy (non-hydrogen) atoms. The minimum absolute atomic E-state index is 0.110. The first-order chi connectivity index (χ1) is 13.6. The molecule has 1 N–H and O–H groups in total. The van der Waals surface area contributed by atoms with Crippen molar-refractivity contribution in [2.24, 2.45) is 0 Å². The van der Waals surface area contributed by atoms with Gasteiger partial charge in [-0.25, -0.2) is 4.98 Å². The number of hydrogen-bond donors (Lipinski definition) is 1. The zero-order valence-electron chi connectivity index (χ0n) is 16.3. The number of likely N-dealkylation sites (N-methyl/N-ethyl adjacent to an activating group) is 1. The average molecular weight is 402 g/mol. The summed E-state index contributed by atoms with van der Waals surface area (Å²) in [7, 11) is 1.84. The molecule has 150 valence electrons. The summed E-state index contributed by atoms with van der Waals surface area (Å²) in [5.41, 5.74) is 0.991. The van der Waals surface area contributed by atoms with Crippen molar-refractivity contribution in [2.75, 3.05) is 46.3 Å². The minimum Gasteiger partial charge on any atom is -0.352 e. The Balaban J connectivity index is 1.20. The van der Waals surface area contributed by atoms with Gasteiger partial charge in [0.15, 0.2) is 0 Å². The number of aromatic nitrogens is 1. The van der Waals surface area contributed by atoms with Crippen molar-refractivity contribution in [1.82, 2.24) is 25.0 Å². The summed E-state index contributed by atoms with van der Waals surface area (Å²) in [4.78, 5) is 35.2. The van der Waals surface area contributed by atoms with Crippen LogP contribution in [0.1, 0.15) is 17.8 Å². The molecule has 0 bridgehead atoms. The molecule has 1 aromatic carbocycles. The van der Waals surface area contributed by atoms with E-state index < -0.39 is 0 Å². The van der Waals surface area contributed by atoms with Crippen LogP contribution in [-0.2, 0) is 16.1 Å². The second-order valence-electron chi connectivity index (χ2n) is 7.72. The van der Waals surface area contributed by atoms with E-state index in [2.05, 4.69) is 26.2 Å². The third-order valence-corrected chi connectivity index (χ3v) is 6.29. The number of piperazine rings is 1. The Morgan fingerprint density at radius 2 is 1.82 bits per heavy atom. The number of nitrogens with zero attached hydrogens (tertiary/aromatic N) is 4. The highest BCUT2D eigenvalue weighted by molar-refractivity contribution is 7.18. The van der Waals surface area contributed by atoms with Gasteiger partial charge in [0.25, 0.3) is 0 Å². The number of carbonyl (C=O) groups excluding carboxylic acids is 2. The fourth-order valence-corrected chi connectivity index (χ4v) is 4.42. The van der Waals surface area contributed by atoms with Crippen LogP contribution >= 0.6 is 11.3 Å². The lowest BCUT2D eigenvalue weighted by Crippen LogP contribution is -2.51. The summed E-state index contributed by atoms with van der Waals surface area (Å²) in [5, 5.41) is 3.99. The molecular weight excluding hydrogens is 374 g/mol. The Labute approximate surface area is 169 Å². The minimum atomic E-state index is 0.110. The molecule has 1 aliphatic carbocycles. The first-order valence-electron chi connectivity index (χ1n) is 9.89. The molecule has 1 aliphatic heterocycles. The highest BCUT2D eigenvalue weighted by Gasteiger charge is 2.26. The van der Waals surface area contributed by atoms with Gasteiger partial charge in [0.1, 0.15) is 5.01 Å². The third-order valence-electron chi connectivity index (χ3n) is 5.27. The SMILES string of the molecule is CN(Cc1nc2ccccc2s1)C(=O)CN1CCN(CC(=O)NC2CC2)CC1. The lowest BCUT2D eigenvalue weighted by Gasteiger charge is -2.34. The van der Waals surface area contributed by atoms with Crippen LogP contribution in [0.3, 0.4) is 0 Å². The highest BCUT2D eigenvalue weighted by atomic mass is 32.1. The lowest BCUT2D eigenvalue weighted by molar-refractivity contribution is -0.132. The van der Waals surface area contributed by atoms with Crippen molar-refractivity contribution in [3.05, 3.63) is 29.3 Å². The van der Waals surface area contributed by atoms with Gasteiger partial charge in [-0.15, -0.1) is 11.3 Å². The van der Waals surface area contributed by atoms with Gasteiger partial charge in [-0.05, 0) is 25.0 Å². The predicted molar refractivity (Wildman–Crippen MR) is 110 cm³/mol. The fourth-order valence-electron chi connectivity index (χ4n) is 3.40. The zero-order chi connectivity index (χ0) is 19.5. The van der Waals surface area contributed by atoms with Crippen LogP contribution < -0.4 is 5.32 Å². The monoisotopic (exact) mass is 401 g/mol. The van der Waals surface area contributed by atoms with Gasteiger partial charge in [0.2, 0.25) is 11.8 Å². The molecule has 2 amide bonds. The highest BCUT2D eigenvalue weighted by Crippen LogP contribution is 2.22. The molecule has 0 spiro atoms. The normalized spacial score (nSPS) is 18.3. The van der Waals surface area contributed by atoms with E-state index in [0.29, 0.717) is 25.7 Å². The van der Waals surface area contributed by atoms with Crippen molar-refractivity contribution in [2.45, 2.75) is 25.4 Å². The Morgan fingerprint density at radius 1 is 1.14 bits per heavy atom. The molecule has 2 fully saturated rings. The third kappa shape index (κ3) is 5.06. The lowest BCUT2D eigenvalue weighted by atomic mass is 10.3. The molecule has 1 aromatic heterocycles. The molecular formula is C20H27N5O2S. The van der Waals surface area contributed by atoms with Gasteiger partial charge in [0, 0.05) is 39.3 Å².